The number of hydrogen-bond acceptors (Lipinski definition) is 2. The highest BCUT2D eigenvalue weighted by Gasteiger charge is 2.27. The Hall–Kier alpha value is -1.01. The molecule has 1 aliphatic rings. The number of nitrogens with zero attached hydrogens (tertiary/aromatic N) is 1. The standard InChI is InChI=1S/C14H23NO2/c1-3-5-6-9-14(16)15-10-7-8-13(15)12-17-11-4-2/h2,13H,3,5-12H2,1H3. The minimum atomic E-state index is 0.248. The van der Waals surface area contributed by atoms with Gasteiger partial charge in [0, 0.05) is 13.0 Å². The lowest BCUT2D eigenvalue weighted by molar-refractivity contribution is -0.133. The molecule has 1 atom stereocenters. The van der Waals surface area contributed by atoms with Crippen molar-refractivity contribution in [3.8, 4) is 12.3 Å². The maximum atomic E-state index is 12.0. The molecule has 0 radical (unpaired) electrons. The molecule has 17 heavy (non-hydrogen) atoms. The molecule has 0 aliphatic carbocycles. The Balaban J connectivity index is 2.29. The summed E-state index contributed by atoms with van der Waals surface area (Å²) in [7, 11) is 0. The Bertz CT molecular complexity index is 270. The summed E-state index contributed by atoms with van der Waals surface area (Å²) in [6, 6.07) is 0.248. The summed E-state index contributed by atoms with van der Waals surface area (Å²) in [5, 5.41) is 0. The number of ether oxygens (including phenoxy) is 1. The maximum Gasteiger partial charge on any atom is 0.222 e. The highest BCUT2D eigenvalue weighted by molar-refractivity contribution is 5.76. The number of likely N-dealkylation sites (tertiary alicyclic amines) is 1. The summed E-state index contributed by atoms with van der Waals surface area (Å²) in [4.78, 5) is 14.0. The lowest BCUT2D eigenvalue weighted by atomic mass is 10.2. The summed E-state index contributed by atoms with van der Waals surface area (Å²) >= 11 is 0. The molecule has 96 valence electrons. The van der Waals surface area contributed by atoms with Crippen LogP contribution in [0.4, 0.5) is 0 Å². The van der Waals surface area contributed by atoms with Crippen molar-refractivity contribution >= 4 is 5.91 Å². The molecule has 1 amide bonds. The Morgan fingerprint density at radius 3 is 3.06 bits per heavy atom. The van der Waals surface area contributed by atoms with Crippen molar-refractivity contribution in [2.45, 2.75) is 51.5 Å². The van der Waals surface area contributed by atoms with Gasteiger partial charge in [-0.15, -0.1) is 6.42 Å². The van der Waals surface area contributed by atoms with E-state index >= 15 is 0 Å². The van der Waals surface area contributed by atoms with Crippen LogP contribution < -0.4 is 0 Å². The van der Waals surface area contributed by atoms with Crippen LogP contribution in [0.15, 0.2) is 0 Å². The van der Waals surface area contributed by atoms with Gasteiger partial charge < -0.3 is 9.64 Å². The van der Waals surface area contributed by atoms with Gasteiger partial charge in [-0.2, -0.15) is 0 Å². The SMILES string of the molecule is C#CCOCC1CCCN1C(=O)CCCCC. The fourth-order valence-electron chi connectivity index (χ4n) is 2.26. The number of rotatable bonds is 7. The lowest BCUT2D eigenvalue weighted by Crippen LogP contribution is -2.38. The van der Waals surface area contributed by atoms with Crippen molar-refractivity contribution in [2.75, 3.05) is 19.8 Å². The molecule has 0 aromatic rings. The first-order chi connectivity index (χ1) is 8.29. The quantitative estimate of drug-likeness (QED) is 0.502. The molecule has 0 N–H and O–H groups in total. The number of carbonyl (C=O) groups is 1. The molecular weight excluding hydrogens is 214 g/mol. The molecule has 0 bridgehead atoms. The van der Waals surface area contributed by atoms with Crippen molar-refractivity contribution < 1.29 is 9.53 Å². The number of terminal acetylenes is 1. The summed E-state index contributed by atoms with van der Waals surface area (Å²) in [6.45, 7) is 3.96. The third kappa shape index (κ3) is 4.79. The molecule has 0 aromatic carbocycles. The first-order valence-electron chi connectivity index (χ1n) is 6.60. The summed E-state index contributed by atoms with van der Waals surface area (Å²) < 4.78 is 5.34. The van der Waals surface area contributed by atoms with Crippen LogP contribution in [0.1, 0.15) is 45.4 Å². The maximum absolute atomic E-state index is 12.0. The van der Waals surface area contributed by atoms with E-state index in [0.29, 0.717) is 19.6 Å². The molecule has 1 rings (SSSR count). The van der Waals surface area contributed by atoms with Gasteiger partial charge in [0.05, 0.1) is 12.6 Å². The van der Waals surface area contributed by atoms with E-state index in [1.807, 2.05) is 4.90 Å². The monoisotopic (exact) mass is 237 g/mol. The molecule has 1 unspecified atom stereocenters. The number of amides is 1. The Morgan fingerprint density at radius 1 is 1.53 bits per heavy atom. The zero-order chi connectivity index (χ0) is 12.5. The van der Waals surface area contributed by atoms with Crippen LogP contribution in [-0.2, 0) is 9.53 Å². The first kappa shape index (κ1) is 14.1. The number of unbranched alkanes of at least 4 members (excludes halogenated alkanes) is 2. The average Bonchev–Trinajstić information content (AvgIpc) is 2.78. The molecule has 1 fully saturated rings. The second-order valence-electron chi connectivity index (χ2n) is 4.56. The van der Waals surface area contributed by atoms with Gasteiger partial charge in [-0.05, 0) is 19.3 Å². The van der Waals surface area contributed by atoms with Crippen molar-refractivity contribution in [2.24, 2.45) is 0 Å². The van der Waals surface area contributed by atoms with E-state index < -0.39 is 0 Å². The molecule has 0 aromatic heterocycles. The van der Waals surface area contributed by atoms with E-state index in [2.05, 4.69) is 12.8 Å². The van der Waals surface area contributed by atoms with Crippen molar-refractivity contribution in [3.63, 3.8) is 0 Å². The van der Waals surface area contributed by atoms with Crippen LogP contribution in [0.2, 0.25) is 0 Å². The normalized spacial score (nSPS) is 19.3. The van der Waals surface area contributed by atoms with Crippen LogP contribution in [0.3, 0.4) is 0 Å². The van der Waals surface area contributed by atoms with Gasteiger partial charge in [-0.3, -0.25) is 4.79 Å². The van der Waals surface area contributed by atoms with Crippen molar-refractivity contribution in [3.05, 3.63) is 0 Å². The molecule has 3 nitrogen and oxygen atoms in total. The third-order valence-electron chi connectivity index (χ3n) is 3.19. The predicted molar refractivity (Wildman–Crippen MR) is 68.5 cm³/mol. The number of hydrogen-bond donors (Lipinski definition) is 0. The van der Waals surface area contributed by atoms with Gasteiger partial charge in [-0.25, -0.2) is 0 Å². The summed E-state index contributed by atoms with van der Waals surface area (Å²) in [5.74, 6) is 2.73. The molecule has 0 spiro atoms. The van der Waals surface area contributed by atoms with Crippen LogP contribution in [0.5, 0.6) is 0 Å². The molecule has 1 heterocycles. The second kappa shape index (κ2) is 8.14. The van der Waals surface area contributed by atoms with Gasteiger partial charge in [0.15, 0.2) is 0 Å². The third-order valence-corrected chi connectivity index (χ3v) is 3.19. The van der Waals surface area contributed by atoms with Gasteiger partial charge in [0.2, 0.25) is 5.91 Å². The topological polar surface area (TPSA) is 29.5 Å². The van der Waals surface area contributed by atoms with Crippen molar-refractivity contribution in [1.29, 1.82) is 0 Å². The zero-order valence-electron chi connectivity index (χ0n) is 10.8. The smallest absolute Gasteiger partial charge is 0.222 e. The van der Waals surface area contributed by atoms with E-state index in [-0.39, 0.29) is 11.9 Å². The van der Waals surface area contributed by atoms with Crippen LogP contribution >= 0.6 is 0 Å². The highest BCUT2D eigenvalue weighted by atomic mass is 16.5. The summed E-state index contributed by atoms with van der Waals surface area (Å²) in [5.41, 5.74) is 0. The fourth-order valence-corrected chi connectivity index (χ4v) is 2.26. The molecule has 3 heteroatoms. The van der Waals surface area contributed by atoms with Crippen LogP contribution in [0.25, 0.3) is 0 Å². The minimum absolute atomic E-state index is 0.248. The van der Waals surface area contributed by atoms with Gasteiger partial charge >= 0.3 is 0 Å². The molecule has 0 saturated carbocycles. The van der Waals surface area contributed by atoms with Crippen LogP contribution in [-0.4, -0.2) is 36.6 Å². The van der Waals surface area contributed by atoms with Gasteiger partial charge in [-0.1, -0.05) is 25.7 Å². The van der Waals surface area contributed by atoms with E-state index in [4.69, 9.17) is 11.2 Å². The second-order valence-corrected chi connectivity index (χ2v) is 4.56. The Labute approximate surface area is 105 Å². The number of carbonyl (C=O) groups excluding carboxylic acids is 1. The highest BCUT2D eigenvalue weighted by Crippen LogP contribution is 2.19. The molecule has 1 saturated heterocycles. The Morgan fingerprint density at radius 2 is 2.35 bits per heavy atom. The van der Waals surface area contributed by atoms with Crippen LogP contribution in [0, 0.1) is 12.3 Å². The van der Waals surface area contributed by atoms with Gasteiger partial charge in [0.1, 0.15) is 6.61 Å². The zero-order valence-corrected chi connectivity index (χ0v) is 10.8. The first-order valence-corrected chi connectivity index (χ1v) is 6.60. The van der Waals surface area contributed by atoms with E-state index in [1.54, 1.807) is 0 Å². The summed E-state index contributed by atoms with van der Waals surface area (Å²) in [6.07, 6.45) is 11.2. The van der Waals surface area contributed by atoms with Crippen molar-refractivity contribution in [1.82, 2.24) is 4.90 Å². The average molecular weight is 237 g/mol. The van der Waals surface area contributed by atoms with E-state index in [9.17, 15) is 4.79 Å². The fraction of sp³-hybridized carbons (Fsp3) is 0.786. The van der Waals surface area contributed by atoms with E-state index in [1.165, 1.54) is 0 Å². The predicted octanol–water partition coefficient (Wildman–Crippen LogP) is 2.21. The van der Waals surface area contributed by atoms with Gasteiger partial charge in [0.25, 0.3) is 0 Å². The minimum Gasteiger partial charge on any atom is -0.367 e. The molecular formula is C14H23NO2. The van der Waals surface area contributed by atoms with E-state index in [0.717, 1.165) is 38.6 Å². The Kier molecular flexibility index (Phi) is 6.73. The largest absolute Gasteiger partial charge is 0.367 e. The molecule has 1 aliphatic heterocycles. The lowest BCUT2D eigenvalue weighted by Gasteiger charge is -2.24.